The van der Waals surface area contributed by atoms with Crippen LogP contribution in [-0.2, 0) is 0 Å². The lowest BCUT2D eigenvalue weighted by molar-refractivity contribution is 1.22. The molecule has 2 rings (SSSR count). The number of hydrogen-bond acceptors (Lipinski definition) is 2. The number of rotatable bonds is 1. The number of hydrogen-bond donors (Lipinski definition) is 1. The molecule has 0 unspecified atom stereocenters. The standard InChI is InChI=1S/C8H7N3.C/c1-2-4-9-7(3-1)8-10-5-6-11-8;/h1-6H,(H,10,11);. The van der Waals surface area contributed by atoms with Crippen molar-refractivity contribution in [2.45, 2.75) is 0 Å². The number of nitrogens with one attached hydrogen (secondary N) is 1. The maximum absolute atomic E-state index is 4.13. The van der Waals surface area contributed by atoms with Crippen molar-refractivity contribution in [2.75, 3.05) is 0 Å². The molecule has 0 saturated heterocycles. The fourth-order valence-electron chi connectivity index (χ4n) is 0.908. The van der Waals surface area contributed by atoms with Crippen molar-refractivity contribution < 1.29 is 0 Å². The van der Waals surface area contributed by atoms with Crippen molar-refractivity contribution in [1.29, 1.82) is 0 Å². The van der Waals surface area contributed by atoms with Gasteiger partial charge in [0.2, 0.25) is 0 Å². The van der Waals surface area contributed by atoms with E-state index in [1.54, 1.807) is 18.6 Å². The van der Waals surface area contributed by atoms with Gasteiger partial charge in [-0.1, -0.05) is 6.07 Å². The van der Waals surface area contributed by atoms with Crippen molar-refractivity contribution in [3.05, 3.63) is 44.2 Å². The van der Waals surface area contributed by atoms with Gasteiger partial charge in [0.15, 0.2) is 5.82 Å². The molecule has 3 nitrogen and oxygen atoms in total. The Labute approximate surface area is 71.5 Å². The minimum Gasteiger partial charge on any atom is -0.343 e. The second-order valence-electron chi connectivity index (χ2n) is 2.15. The number of H-pyrrole nitrogens is 1. The Kier molecular flexibility index (Phi) is 2.58. The number of aromatic amines is 1. The Morgan fingerprint density at radius 2 is 2.00 bits per heavy atom. The fourth-order valence-corrected chi connectivity index (χ4v) is 0.908. The summed E-state index contributed by atoms with van der Waals surface area (Å²) in [6.45, 7) is 0. The molecule has 2 aromatic rings. The molecule has 0 aliphatic heterocycles. The van der Waals surface area contributed by atoms with Crippen molar-refractivity contribution in [3.63, 3.8) is 0 Å². The first-order valence-electron chi connectivity index (χ1n) is 3.37. The molecule has 0 saturated carbocycles. The van der Waals surface area contributed by atoms with Crippen LogP contribution in [0.25, 0.3) is 11.5 Å². The molecule has 2 heterocycles. The average Bonchev–Trinajstić information content (AvgIpc) is 2.58. The fraction of sp³-hybridized carbons (Fsp3) is 0. The van der Waals surface area contributed by atoms with Crippen molar-refractivity contribution >= 4 is 0 Å². The molecule has 0 bridgehead atoms. The summed E-state index contributed by atoms with van der Waals surface area (Å²) in [6, 6.07) is 5.73. The van der Waals surface area contributed by atoms with Gasteiger partial charge in [0.25, 0.3) is 0 Å². The Hall–Kier alpha value is -1.64. The maximum atomic E-state index is 4.13. The molecule has 0 atom stereocenters. The van der Waals surface area contributed by atoms with Crippen LogP contribution in [0.15, 0.2) is 36.8 Å². The summed E-state index contributed by atoms with van der Waals surface area (Å²) in [5.41, 5.74) is 0.873. The zero-order valence-electron chi connectivity index (χ0n) is 6.36. The van der Waals surface area contributed by atoms with E-state index >= 15 is 0 Å². The van der Waals surface area contributed by atoms with Crippen molar-refractivity contribution in [1.82, 2.24) is 15.0 Å². The summed E-state index contributed by atoms with van der Waals surface area (Å²) in [6.07, 6.45) is 5.24. The summed E-state index contributed by atoms with van der Waals surface area (Å²) in [5.74, 6) is 0.811. The van der Waals surface area contributed by atoms with Crippen LogP contribution >= 0.6 is 0 Å². The molecule has 3 heteroatoms. The molecule has 0 amide bonds. The highest BCUT2D eigenvalue weighted by Crippen LogP contribution is 2.08. The van der Waals surface area contributed by atoms with Gasteiger partial charge in [0.1, 0.15) is 5.69 Å². The van der Waals surface area contributed by atoms with E-state index in [0.717, 1.165) is 11.5 Å². The van der Waals surface area contributed by atoms with Gasteiger partial charge in [-0.05, 0) is 12.1 Å². The average molecular weight is 157 g/mol. The lowest BCUT2D eigenvalue weighted by atomic mass is 10.3. The van der Waals surface area contributed by atoms with Crippen LogP contribution in [-0.4, -0.2) is 15.0 Å². The quantitative estimate of drug-likeness (QED) is 0.682. The summed E-state index contributed by atoms with van der Waals surface area (Å²) < 4.78 is 0. The van der Waals surface area contributed by atoms with E-state index in [9.17, 15) is 0 Å². The summed E-state index contributed by atoms with van der Waals surface area (Å²) in [7, 11) is 0. The topological polar surface area (TPSA) is 41.6 Å². The molecular weight excluding hydrogens is 150 g/mol. The van der Waals surface area contributed by atoms with Gasteiger partial charge < -0.3 is 4.98 Å². The van der Waals surface area contributed by atoms with Gasteiger partial charge in [-0.15, -0.1) is 0 Å². The zero-order chi connectivity index (χ0) is 7.52. The second-order valence-corrected chi connectivity index (χ2v) is 2.15. The number of imidazole rings is 1. The molecule has 4 radical (unpaired) electrons. The second kappa shape index (κ2) is 3.67. The molecule has 0 fully saturated rings. The van der Waals surface area contributed by atoms with Crippen LogP contribution in [0.3, 0.4) is 0 Å². The predicted molar refractivity (Wildman–Crippen MR) is 45.1 cm³/mol. The Bertz CT molecular complexity index is 313. The van der Waals surface area contributed by atoms with Crippen LogP contribution in [0.2, 0.25) is 0 Å². The van der Waals surface area contributed by atoms with E-state index in [4.69, 9.17) is 0 Å². The third-order valence-corrected chi connectivity index (χ3v) is 1.41. The number of nitrogens with zero attached hydrogens (tertiary/aromatic N) is 2. The van der Waals surface area contributed by atoms with E-state index in [2.05, 4.69) is 15.0 Å². The van der Waals surface area contributed by atoms with Gasteiger partial charge in [-0.25, -0.2) is 4.98 Å². The maximum Gasteiger partial charge on any atom is 0.155 e. The number of aromatic nitrogens is 3. The Balaban J connectivity index is 0.000000720. The Morgan fingerprint density at radius 1 is 1.08 bits per heavy atom. The highest BCUT2D eigenvalue weighted by Gasteiger charge is 1.96. The van der Waals surface area contributed by atoms with E-state index in [1.807, 2.05) is 18.2 Å². The van der Waals surface area contributed by atoms with Crippen LogP contribution in [0.1, 0.15) is 0 Å². The number of pyridine rings is 1. The monoisotopic (exact) mass is 157 g/mol. The van der Waals surface area contributed by atoms with Crippen LogP contribution in [0.4, 0.5) is 0 Å². The lowest BCUT2D eigenvalue weighted by Crippen LogP contribution is -1.82. The molecule has 1 N–H and O–H groups in total. The summed E-state index contributed by atoms with van der Waals surface area (Å²) in [5, 5.41) is 0. The van der Waals surface area contributed by atoms with Crippen molar-refractivity contribution in [3.8, 4) is 11.5 Å². The van der Waals surface area contributed by atoms with Gasteiger partial charge in [-0.3, -0.25) is 4.98 Å². The Morgan fingerprint density at radius 3 is 2.58 bits per heavy atom. The van der Waals surface area contributed by atoms with E-state index < -0.39 is 0 Å². The van der Waals surface area contributed by atoms with Crippen molar-refractivity contribution in [2.24, 2.45) is 0 Å². The third-order valence-electron chi connectivity index (χ3n) is 1.41. The smallest absolute Gasteiger partial charge is 0.155 e. The normalized spacial score (nSPS) is 9.00. The first-order valence-corrected chi connectivity index (χ1v) is 3.37. The minimum absolute atomic E-state index is 0. The van der Waals surface area contributed by atoms with E-state index in [-0.39, 0.29) is 7.43 Å². The largest absolute Gasteiger partial charge is 0.343 e. The molecular formula is C9H7N3. The van der Waals surface area contributed by atoms with Gasteiger partial charge >= 0.3 is 0 Å². The lowest BCUT2D eigenvalue weighted by Gasteiger charge is -1.91. The molecule has 58 valence electrons. The third kappa shape index (κ3) is 1.50. The summed E-state index contributed by atoms with van der Waals surface area (Å²) in [4.78, 5) is 11.2. The van der Waals surface area contributed by atoms with Gasteiger partial charge in [0, 0.05) is 26.0 Å². The van der Waals surface area contributed by atoms with E-state index in [0.29, 0.717) is 0 Å². The van der Waals surface area contributed by atoms with Gasteiger partial charge in [0.05, 0.1) is 0 Å². The summed E-state index contributed by atoms with van der Waals surface area (Å²) >= 11 is 0. The zero-order valence-corrected chi connectivity index (χ0v) is 6.36. The highest BCUT2D eigenvalue weighted by molar-refractivity contribution is 5.47. The van der Waals surface area contributed by atoms with Crippen LogP contribution in [0.5, 0.6) is 0 Å². The van der Waals surface area contributed by atoms with Crippen LogP contribution < -0.4 is 0 Å². The molecule has 2 aromatic heterocycles. The van der Waals surface area contributed by atoms with Gasteiger partial charge in [-0.2, -0.15) is 0 Å². The molecule has 0 aliphatic rings. The minimum atomic E-state index is 0. The van der Waals surface area contributed by atoms with E-state index in [1.165, 1.54) is 0 Å². The molecule has 12 heavy (non-hydrogen) atoms. The predicted octanol–water partition coefficient (Wildman–Crippen LogP) is 1.55. The van der Waals surface area contributed by atoms with Crippen LogP contribution in [0, 0.1) is 7.43 Å². The highest BCUT2D eigenvalue weighted by atomic mass is 14.9. The molecule has 0 aromatic carbocycles. The SMILES string of the molecule is [C].c1ccc(-c2ncc[nH]2)nc1. The first-order chi connectivity index (χ1) is 5.47. The molecule has 0 spiro atoms. The molecule has 0 aliphatic carbocycles. The first kappa shape index (κ1) is 8.46.